The van der Waals surface area contributed by atoms with Crippen molar-refractivity contribution >= 4 is 0 Å². The summed E-state index contributed by atoms with van der Waals surface area (Å²) in [5.74, 6) is 0. The van der Waals surface area contributed by atoms with E-state index >= 15 is 0 Å². The predicted molar refractivity (Wildman–Crippen MR) is 55.5 cm³/mol. The third-order valence-corrected chi connectivity index (χ3v) is 2.05. The average molecular weight is 183 g/mol. The third kappa shape index (κ3) is 6.56. The van der Waals surface area contributed by atoms with E-state index in [1.165, 1.54) is 0 Å². The van der Waals surface area contributed by atoms with Gasteiger partial charge in [0.2, 0.25) is 0 Å². The summed E-state index contributed by atoms with van der Waals surface area (Å²) in [6.45, 7) is 6.92. The third-order valence-electron chi connectivity index (χ3n) is 2.05. The summed E-state index contributed by atoms with van der Waals surface area (Å²) in [6, 6.07) is 2.67. The molecule has 0 aliphatic rings. The standard InChI is InChI=1S/C10H21N3/c1-10(2)13(9-6-11)8-5-7-12(3)4/h10H,5,7-9H2,1-4H3. The number of rotatable bonds is 6. The van der Waals surface area contributed by atoms with Crippen LogP contribution in [-0.2, 0) is 0 Å². The first-order valence-electron chi connectivity index (χ1n) is 4.83. The van der Waals surface area contributed by atoms with Crippen LogP contribution >= 0.6 is 0 Å². The van der Waals surface area contributed by atoms with Crippen LogP contribution in [0.15, 0.2) is 0 Å². The topological polar surface area (TPSA) is 30.3 Å². The van der Waals surface area contributed by atoms with Gasteiger partial charge in [-0.15, -0.1) is 0 Å². The Morgan fingerprint density at radius 3 is 2.23 bits per heavy atom. The van der Waals surface area contributed by atoms with Gasteiger partial charge in [0.25, 0.3) is 0 Å². The Labute approximate surface area is 81.9 Å². The normalized spacial score (nSPS) is 11.2. The molecule has 0 heterocycles. The molecular weight excluding hydrogens is 162 g/mol. The van der Waals surface area contributed by atoms with E-state index in [1.807, 2.05) is 0 Å². The van der Waals surface area contributed by atoms with Gasteiger partial charge >= 0.3 is 0 Å². The Balaban J connectivity index is 3.64. The van der Waals surface area contributed by atoms with Crippen LogP contribution in [0.5, 0.6) is 0 Å². The molecule has 0 atom stereocenters. The highest BCUT2D eigenvalue weighted by Gasteiger charge is 2.07. The Kier molecular flexibility index (Phi) is 6.56. The van der Waals surface area contributed by atoms with E-state index in [-0.39, 0.29) is 0 Å². The van der Waals surface area contributed by atoms with Gasteiger partial charge in [-0.25, -0.2) is 0 Å². The summed E-state index contributed by atoms with van der Waals surface area (Å²) < 4.78 is 0. The van der Waals surface area contributed by atoms with E-state index in [1.54, 1.807) is 0 Å². The molecular formula is C10H21N3. The molecule has 0 aliphatic heterocycles. The predicted octanol–water partition coefficient (Wildman–Crippen LogP) is 1.17. The van der Waals surface area contributed by atoms with Crippen LogP contribution in [0.2, 0.25) is 0 Å². The van der Waals surface area contributed by atoms with Crippen molar-refractivity contribution in [3.05, 3.63) is 0 Å². The van der Waals surface area contributed by atoms with Crippen LogP contribution in [0.3, 0.4) is 0 Å². The van der Waals surface area contributed by atoms with Gasteiger partial charge in [0.1, 0.15) is 0 Å². The summed E-state index contributed by atoms with van der Waals surface area (Å²) in [7, 11) is 4.15. The molecule has 0 spiro atoms. The van der Waals surface area contributed by atoms with E-state index in [4.69, 9.17) is 5.26 Å². The number of hydrogen-bond donors (Lipinski definition) is 0. The molecule has 0 amide bonds. The summed E-state index contributed by atoms with van der Waals surface area (Å²) in [6.07, 6.45) is 1.13. The average Bonchev–Trinajstić information content (AvgIpc) is 2.02. The molecule has 0 fully saturated rings. The highest BCUT2D eigenvalue weighted by Crippen LogP contribution is 1.98. The fourth-order valence-electron chi connectivity index (χ4n) is 1.20. The maximum absolute atomic E-state index is 8.59. The molecule has 0 radical (unpaired) electrons. The zero-order valence-electron chi connectivity index (χ0n) is 9.25. The van der Waals surface area contributed by atoms with E-state index in [0.717, 1.165) is 19.5 Å². The van der Waals surface area contributed by atoms with E-state index in [0.29, 0.717) is 12.6 Å². The van der Waals surface area contributed by atoms with Crippen molar-refractivity contribution in [1.29, 1.82) is 5.26 Å². The van der Waals surface area contributed by atoms with Crippen molar-refractivity contribution < 1.29 is 0 Å². The molecule has 0 N–H and O–H groups in total. The van der Waals surface area contributed by atoms with Gasteiger partial charge in [-0.1, -0.05) is 0 Å². The fourth-order valence-corrected chi connectivity index (χ4v) is 1.20. The zero-order valence-corrected chi connectivity index (χ0v) is 9.25. The summed E-state index contributed by atoms with van der Waals surface area (Å²) >= 11 is 0. The van der Waals surface area contributed by atoms with Crippen molar-refractivity contribution in [3.8, 4) is 6.07 Å². The van der Waals surface area contributed by atoms with Crippen LogP contribution in [-0.4, -0.2) is 49.6 Å². The molecule has 3 heteroatoms. The van der Waals surface area contributed by atoms with Crippen LogP contribution in [0.1, 0.15) is 20.3 Å². The largest absolute Gasteiger partial charge is 0.309 e. The maximum Gasteiger partial charge on any atom is 0.0868 e. The molecule has 3 nitrogen and oxygen atoms in total. The molecule has 0 bridgehead atoms. The van der Waals surface area contributed by atoms with Gasteiger partial charge in [0, 0.05) is 12.6 Å². The Morgan fingerprint density at radius 1 is 1.23 bits per heavy atom. The minimum Gasteiger partial charge on any atom is -0.309 e. The monoisotopic (exact) mass is 183 g/mol. The second-order valence-electron chi connectivity index (χ2n) is 3.88. The smallest absolute Gasteiger partial charge is 0.0868 e. The first-order chi connectivity index (χ1) is 6.07. The van der Waals surface area contributed by atoms with Crippen LogP contribution in [0, 0.1) is 11.3 Å². The van der Waals surface area contributed by atoms with Crippen molar-refractivity contribution in [3.63, 3.8) is 0 Å². The molecule has 0 aromatic rings. The second-order valence-corrected chi connectivity index (χ2v) is 3.88. The first-order valence-corrected chi connectivity index (χ1v) is 4.83. The van der Waals surface area contributed by atoms with Gasteiger partial charge in [-0.3, -0.25) is 4.90 Å². The van der Waals surface area contributed by atoms with Gasteiger partial charge in [-0.2, -0.15) is 5.26 Å². The minimum absolute atomic E-state index is 0.474. The molecule has 76 valence electrons. The van der Waals surface area contributed by atoms with E-state index in [2.05, 4.69) is 43.8 Å². The molecule has 0 saturated heterocycles. The summed E-state index contributed by atoms with van der Waals surface area (Å²) in [4.78, 5) is 4.37. The SMILES string of the molecule is CC(C)N(CC#N)CCCN(C)C. The van der Waals surface area contributed by atoms with Gasteiger partial charge in [0.15, 0.2) is 0 Å². The Hall–Kier alpha value is -0.590. The first kappa shape index (κ1) is 12.4. The Morgan fingerprint density at radius 2 is 1.85 bits per heavy atom. The molecule has 0 aliphatic carbocycles. The van der Waals surface area contributed by atoms with Crippen molar-refractivity contribution in [1.82, 2.24) is 9.80 Å². The lowest BCUT2D eigenvalue weighted by Crippen LogP contribution is -2.33. The lowest BCUT2D eigenvalue weighted by atomic mass is 10.3. The zero-order chi connectivity index (χ0) is 10.3. The van der Waals surface area contributed by atoms with Crippen LogP contribution in [0.4, 0.5) is 0 Å². The minimum atomic E-state index is 0.474. The summed E-state index contributed by atoms with van der Waals surface area (Å²) in [5.41, 5.74) is 0. The fraction of sp³-hybridized carbons (Fsp3) is 0.900. The van der Waals surface area contributed by atoms with Crippen molar-refractivity contribution in [2.75, 3.05) is 33.7 Å². The molecule has 0 aromatic carbocycles. The van der Waals surface area contributed by atoms with Gasteiger partial charge < -0.3 is 4.90 Å². The molecule has 0 aromatic heterocycles. The molecule has 0 rings (SSSR count). The van der Waals surface area contributed by atoms with Gasteiger partial charge in [-0.05, 0) is 40.9 Å². The quantitative estimate of drug-likeness (QED) is 0.579. The molecule has 0 unspecified atom stereocenters. The van der Waals surface area contributed by atoms with Crippen molar-refractivity contribution in [2.24, 2.45) is 0 Å². The van der Waals surface area contributed by atoms with Crippen LogP contribution in [0.25, 0.3) is 0 Å². The van der Waals surface area contributed by atoms with E-state index in [9.17, 15) is 0 Å². The number of hydrogen-bond acceptors (Lipinski definition) is 3. The lowest BCUT2D eigenvalue weighted by Gasteiger charge is -2.23. The second kappa shape index (κ2) is 6.88. The molecule has 13 heavy (non-hydrogen) atoms. The van der Waals surface area contributed by atoms with Crippen LogP contribution < -0.4 is 0 Å². The maximum atomic E-state index is 8.59. The molecule has 0 saturated carbocycles. The summed E-state index contributed by atoms with van der Waals surface area (Å²) in [5, 5.41) is 8.59. The Bertz CT molecular complexity index is 158. The van der Waals surface area contributed by atoms with E-state index < -0.39 is 0 Å². The van der Waals surface area contributed by atoms with Gasteiger partial charge in [0.05, 0.1) is 12.6 Å². The number of nitriles is 1. The number of nitrogens with zero attached hydrogens (tertiary/aromatic N) is 3. The highest BCUT2D eigenvalue weighted by molar-refractivity contribution is 4.78. The van der Waals surface area contributed by atoms with Crippen molar-refractivity contribution in [2.45, 2.75) is 26.3 Å². The lowest BCUT2D eigenvalue weighted by molar-refractivity contribution is 0.233. The highest BCUT2D eigenvalue weighted by atomic mass is 15.1.